The van der Waals surface area contributed by atoms with Crippen molar-refractivity contribution in [1.29, 1.82) is 0 Å². The summed E-state index contributed by atoms with van der Waals surface area (Å²) in [5.41, 5.74) is 0. The number of ether oxygens (including phenoxy) is 1. The number of carbonyl (C=O) groups excluding carboxylic acids is 2. The molecule has 1 aliphatic carbocycles. The van der Waals surface area contributed by atoms with E-state index in [9.17, 15) is 9.59 Å². The summed E-state index contributed by atoms with van der Waals surface area (Å²) in [7, 11) is 0. The van der Waals surface area contributed by atoms with E-state index in [1.54, 1.807) is 0 Å². The summed E-state index contributed by atoms with van der Waals surface area (Å²) in [5, 5.41) is 0. The molecule has 1 aliphatic rings. The Morgan fingerprint density at radius 3 is 2.61 bits per heavy atom. The molecule has 18 heavy (non-hydrogen) atoms. The molecule has 0 unspecified atom stereocenters. The van der Waals surface area contributed by atoms with Gasteiger partial charge in [-0.05, 0) is 32.1 Å². The maximum atomic E-state index is 11.6. The van der Waals surface area contributed by atoms with Gasteiger partial charge in [-0.15, -0.1) is 0 Å². The number of hydrogen-bond acceptors (Lipinski definition) is 3. The predicted molar refractivity (Wildman–Crippen MR) is 71.2 cm³/mol. The molecule has 0 amide bonds. The van der Waals surface area contributed by atoms with E-state index in [1.807, 2.05) is 6.92 Å². The molecular formula is C15H26O3. The molecule has 0 aromatic heterocycles. The van der Waals surface area contributed by atoms with E-state index in [0.717, 1.165) is 44.9 Å². The lowest BCUT2D eigenvalue weighted by atomic mass is 9.91. The van der Waals surface area contributed by atoms with Crippen molar-refractivity contribution in [2.24, 2.45) is 11.8 Å². The van der Waals surface area contributed by atoms with Crippen LogP contribution in [0.15, 0.2) is 0 Å². The van der Waals surface area contributed by atoms with E-state index in [-0.39, 0.29) is 5.97 Å². The number of esters is 1. The molecule has 3 nitrogen and oxygen atoms in total. The van der Waals surface area contributed by atoms with Crippen molar-refractivity contribution < 1.29 is 14.3 Å². The summed E-state index contributed by atoms with van der Waals surface area (Å²) in [6.07, 6.45) is 7.65. The molecule has 0 N–H and O–H groups in total. The standard InChI is InChI=1S/C15H26O3/c1-3-18-15(17)9-7-5-4-6-8-13-12(2)10-11-14(13)16/h12-13H,3-11H2,1-2H3/t12-,13+/m0/s1. The van der Waals surface area contributed by atoms with Gasteiger partial charge >= 0.3 is 5.97 Å². The van der Waals surface area contributed by atoms with Gasteiger partial charge < -0.3 is 4.74 Å². The number of ketones is 1. The van der Waals surface area contributed by atoms with Gasteiger partial charge in [0, 0.05) is 18.8 Å². The zero-order valence-electron chi connectivity index (χ0n) is 11.7. The largest absolute Gasteiger partial charge is 0.466 e. The Bertz CT molecular complexity index is 273. The van der Waals surface area contributed by atoms with Crippen LogP contribution in [0.3, 0.4) is 0 Å². The van der Waals surface area contributed by atoms with Crippen molar-refractivity contribution in [2.45, 2.75) is 65.2 Å². The lowest BCUT2D eigenvalue weighted by Crippen LogP contribution is -2.12. The highest BCUT2D eigenvalue weighted by Gasteiger charge is 2.30. The Balaban J connectivity index is 1.98. The minimum Gasteiger partial charge on any atom is -0.466 e. The van der Waals surface area contributed by atoms with Crippen LogP contribution in [0.5, 0.6) is 0 Å². The van der Waals surface area contributed by atoms with Crippen molar-refractivity contribution in [3.63, 3.8) is 0 Å². The maximum absolute atomic E-state index is 11.6. The summed E-state index contributed by atoms with van der Waals surface area (Å²) in [6, 6.07) is 0. The first kappa shape index (κ1) is 15.2. The lowest BCUT2D eigenvalue weighted by molar-refractivity contribution is -0.143. The fourth-order valence-electron chi connectivity index (χ4n) is 2.74. The highest BCUT2D eigenvalue weighted by molar-refractivity contribution is 5.83. The Morgan fingerprint density at radius 2 is 2.00 bits per heavy atom. The molecule has 1 rings (SSSR count). The first-order chi connectivity index (χ1) is 8.65. The Kier molecular flexibility index (Phi) is 6.99. The summed E-state index contributed by atoms with van der Waals surface area (Å²) in [4.78, 5) is 22.7. The van der Waals surface area contributed by atoms with Crippen LogP contribution in [-0.4, -0.2) is 18.4 Å². The van der Waals surface area contributed by atoms with Crippen LogP contribution in [0.4, 0.5) is 0 Å². The predicted octanol–water partition coefficient (Wildman–Crippen LogP) is 3.51. The summed E-state index contributed by atoms with van der Waals surface area (Å²) in [5.74, 6) is 1.28. The molecular weight excluding hydrogens is 228 g/mol. The maximum Gasteiger partial charge on any atom is 0.305 e. The highest BCUT2D eigenvalue weighted by atomic mass is 16.5. The molecule has 0 saturated heterocycles. The van der Waals surface area contributed by atoms with Crippen LogP contribution in [0.1, 0.15) is 65.2 Å². The number of hydrogen-bond donors (Lipinski definition) is 0. The first-order valence-corrected chi connectivity index (χ1v) is 7.33. The average molecular weight is 254 g/mol. The third-order valence-electron chi connectivity index (χ3n) is 3.90. The molecule has 1 fully saturated rings. The van der Waals surface area contributed by atoms with E-state index in [1.165, 1.54) is 0 Å². The van der Waals surface area contributed by atoms with Crippen molar-refractivity contribution in [3.05, 3.63) is 0 Å². The third-order valence-corrected chi connectivity index (χ3v) is 3.90. The van der Waals surface area contributed by atoms with E-state index in [2.05, 4.69) is 6.92 Å². The normalized spacial score (nSPS) is 23.3. The minimum atomic E-state index is -0.0860. The van der Waals surface area contributed by atoms with Crippen molar-refractivity contribution in [2.75, 3.05) is 6.61 Å². The van der Waals surface area contributed by atoms with Crippen LogP contribution in [-0.2, 0) is 14.3 Å². The van der Waals surface area contributed by atoms with Gasteiger partial charge in [-0.2, -0.15) is 0 Å². The molecule has 2 atom stereocenters. The van der Waals surface area contributed by atoms with Gasteiger partial charge in [0.2, 0.25) is 0 Å². The smallest absolute Gasteiger partial charge is 0.305 e. The molecule has 0 spiro atoms. The fourth-order valence-corrected chi connectivity index (χ4v) is 2.74. The van der Waals surface area contributed by atoms with Crippen LogP contribution in [0.2, 0.25) is 0 Å². The molecule has 0 bridgehead atoms. The number of carbonyl (C=O) groups is 2. The van der Waals surface area contributed by atoms with Crippen LogP contribution >= 0.6 is 0 Å². The third kappa shape index (κ3) is 5.19. The van der Waals surface area contributed by atoms with Crippen molar-refractivity contribution >= 4 is 11.8 Å². The quantitative estimate of drug-likeness (QED) is 0.492. The Hall–Kier alpha value is -0.860. The Labute approximate surface area is 110 Å². The topological polar surface area (TPSA) is 43.4 Å². The minimum absolute atomic E-state index is 0.0860. The second-order valence-electron chi connectivity index (χ2n) is 5.35. The molecule has 0 heterocycles. The molecule has 0 radical (unpaired) electrons. The van der Waals surface area contributed by atoms with Gasteiger partial charge in [-0.25, -0.2) is 0 Å². The first-order valence-electron chi connectivity index (χ1n) is 7.33. The van der Waals surface area contributed by atoms with Gasteiger partial charge in [0.05, 0.1) is 6.61 Å². The SMILES string of the molecule is CCOC(=O)CCCCCC[C@H]1C(=O)CC[C@@H]1C. The van der Waals surface area contributed by atoms with Crippen LogP contribution in [0, 0.1) is 11.8 Å². The average Bonchev–Trinajstić information content (AvgIpc) is 2.65. The van der Waals surface area contributed by atoms with Crippen molar-refractivity contribution in [1.82, 2.24) is 0 Å². The van der Waals surface area contributed by atoms with E-state index in [0.29, 0.717) is 30.6 Å². The molecule has 0 aliphatic heterocycles. The van der Waals surface area contributed by atoms with Crippen LogP contribution < -0.4 is 0 Å². The number of Topliss-reactive ketones (excluding diaryl/α,β-unsaturated/α-hetero) is 1. The Morgan fingerprint density at radius 1 is 1.28 bits per heavy atom. The molecule has 0 aromatic rings. The van der Waals surface area contributed by atoms with Crippen LogP contribution in [0.25, 0.3) is 0 Å². The monoisotopic (exact) mass is 254 g/mol. The van der Waals surface area contributed by atoms with Gasteiger partial charge in [0.15, 0.2) is 0 Å². The van der Waals surface area contributed by atoms with E-state index in [4.69, 9.17) is 4.74 Å². The van der Waals surface area contributed by atoms with Gasteiger partial charge in [-0.1, -0.05) is 26.2 Å². The lowest BCUT2D eigenvalue weighted by Gasteiger charge is -2.13. The fraction of sp³-hybridized carbons (Fsp3) is 0.867. The molecule has 3 heteroatoms. The highest BCUT2D eigenvalue weighted by Crippen LogP contribution is 2.32. The molecule has 1 saturated carbocycles. The second kappa shape index (κ2) is 8.28. The second-order valence-corrected chi connectivity index (χ2v) is 5.35. The molecule has 0 aromatic carbocycles. The summed E-state index contributed by atoms with van der Waals surface area (Å²) in [6.45, 7) is 4.49. The van der Waals surface area contributed by atoms with Gasteiger partial charge in [0.1, 0.15) is 5.78 Å². The van der Waals surface area contributed by atoms with Gasteiger partial charge in [0.25, 0.3) is 0 Å². The number of rotatable bonds is 8. The zero-order chi connectivity index (χ0) is 13.4. The van der Waals surface area contributed by atoms with Gasteiger partial charge in [-0.3, -0.25) is 9.59 Å². The van der Waals surface area contributed by atoms with E-state index < -0.39 is 0 Å². The summed E-state index contributed by atoms with van der Waals surface area (Å²) >= 11 is 0. The van der Waals surface area contributed by atoms with E-state index >= 15 is 0 Å². The summed E-state index contributed by atoms with van der Waals surface area (Å²) < 4.78 is 4.87. The zero-order valence-corrected chi connectivity index (χ0v) is 11.7. The number of unbranched alkanes of at least 4 members (excludes halogenated alkanes) is 3. The van der Waals surface area contributed by atoms with Crippen molar-refractivity contribution in [3.8, 4) is 0 Å². The molecule has 104 valence electrons.